The lowest BCUT2D eigenvalue weighted by Crippen LogP contribution is -2.63. The van der Waals surface area contributed by atoms with Crippen LogP contribution >= 0.6 is 0 Å². The molecule has 58 heavy (non-hydrogen) atoms. The summed E-state index contributed by atoms with van der Waals surface area (Å²) in [4.78, 5) is 85.1. The van der Waals surface area contributed by atoms with E-state index in [9.17, 15) is 28.8 Å². The first kappa shape index (κ1) is 38.7. The molecular weight excluding hydrogens is 748 g/mol. The first-order valence-corrected chi connectivity index (χ1v) is 19.3. The van der Waals surface area contributed by atoms with Crippen molar-refractivity contribution in [1.29, 1.82) is 0 Å². The zero-order valence-corrected chi connectivity index (χ0v) is 32.5. The summed E-state index contributed by atoms with van der Waals surface area (Å²) in [5, 5.41) is 3.53. The summed E-state index contributed by atoms with van der Waals surface area (Å²) in [6, 6.07) is 9.65. The molecule has 3 atom stereocenters. The van der Waals surface area contributed by atoms with E-state index >= 15 is 0 Å². The van der Waals surface area contributed by atoms with E-state index in [1.54, 1.807) is 44.3 Å². The average molecular weight is 793 g/mol. The number of carbonyl (C=O) groups excluding carboxylic acids is 5. The second-order valence-electron chi connectivity index (χ2n) is 15.0. The number of nitrogens with one attached hydrogen (secondary N) is 1. The van der Waals surface area contributed by atoms with E-state index in [4.69, 9.17) is 18.9 Å². The smallest absolute Gasteiger partial charge is 0.262 e. The van der Waals surface area contributed by atoms with Crippen LogP contribution in [0.5, 0.6) is 17.2 Å². The maximum absolute atomic E-state index is 13.1. The number of fused-ring (bicyclic) bond motifs is 3. The van der Waals surface area contributed by atoms with Gasteiger partial charge < -0.3 is 28.4 Å². The minimum absolute atomic E-state index is 0.0424. The van der Waals surface area contributed by atoms with Gasteiger partial charge in [-0.15, -0.1) is 0 Å². The molecule has 6 heterocycles. The molecule has 3 saturated heterocycles. The number of nitrogens with zero attached hydrogens (tertiary/aromatic N) is 5. The molecule has 302 valence electrons. The summed E-state index contributed by atoms with van der Waals surface area (Å²) in [5.41, 5.74) is 2.88. The molecule has 2 aromatic carbocycles. The fraction of sp³-hybridized carbons (Fsp3) is 0.405. The number of pyridine rings is 2. The third-order valence-electron chi connectivity index (χ3n) is 11.6. The fourth-order valence-electron chi connectivity index (χ4n) is 8.60. The molecule has 0 spiro atoms. The number of piperidine rings is 2. The summed E-state index contributed by atoms with van der Waals surface area (Å²) < 4.78 is 24.8. The molecule has 0 radical (unpaired) electrons. The third-order valence-corrected chi connectivity index (χ3v) is 11.6. The summed E-state index contributed by atoms with van der Waals surface area (Å²) in [6.07, 6.45) is 6.32. The Labute approximate surface area is 333 Å². The number of aryl methyl sites for hydroxylation is 1. The highest BCUT2D eigenvalue weighted by atomic mass is 16.5. The molecule has 4 aliphatic heterocycles. The van der Waals surface area contributed by atoms with Crippen LogP contribution in [0.1, 0.15) is 52.0 Å². The Hall–Kier alpha value is -6.13. The minimum Gasteiger partial charge on any atom is -0.496 e. The predicted octanol–water partition coefficient (Wildman–Crippen LogP) is 2.54. The normalized spacial score (nSPS) is 20.4. The lowest BCUT2D eigenvalue weighted by molar-refractivity contribution is -0.140. The molecule has 1 N–H and O–H groups in total. The van der Waals surface area contributed by atoms with Crippen LogP contribution < -0.4 is 25.1 Å². The van der Waals surface area contributed by atoms with Crippen molar-refractivity contribution in [3.05, 3.63) is 82.0 Å². The maximum atomic E-state index is 13.1. The van der Waals surface area contributed by atoms with Crippen LogP contribution in [0.3, 0.4) is 0 Å². The van der Waals surface area contributed by atoms with Crippen molar-refractivity contribution in [3.8, 4) is 28.4 Å². The monoisotopic (exact) mass is 792 g/mol. The molecule has 0 aliphatic carbocycles. The number of hydrogen-bond acceptors (Lipinski definition) is 12. The highest BCUT2D eigenvalue weighted by Gasteiger charge is 2.45. The van der Waals surface area contributed by atoms with E-state index in [2.05, 4.69) is 15.2 Å². The van der Waals surface area contributed by atoms with Crippen molar-refractivity contribution in [3.63, 3.8) is 0 Å². The Kier molecular flexibility index (Phi) is 10.7. The maximum Gasteiger partial charge on any atom is 0.262 e. The van der Waals surface area contributed by atoms with Crippen molar-refractivity contribution in [2.24, 2.45) is 13.0 Å². The second kappa shape index (κ2) is 16.0. The molecule has 8 rings (SSSR count). The van der Waals surface area contributed by atoms with E-state index in [1.807, 2.05) is 29.3 Å². The summed E-state index contributed by atoms with van der Waals surface area (Å²) in [7, 11) is 5.02. The van der Waals surface area contributed by atoms with E-state index in [0.717, 1.165) is 39.9 Å². The molecule has 16 heteroatoms. The molecule has 4 aliphatic rings. The van der Waals surface area contributed by atoms with E-state index in [-0.39, 0.29) is 61.7 Å². The lowest BCUT2D eigenvalue weighted by atomic mass is 9.82. The highest BCUT2D eigenvalue weighted by molar-refractivity contribution is 6.23. The first-order valence-electron chi connectivity index (χ1n) is 19.3. The predicted molar refractivity (Wildman–Crippen MR) is 208 cm³/mol. The molecular formula is C42H44N6O10. The Balaban J connectivity index is 0.794. The average Bonchev–Trinajstić information content (AvgIpc) is 3.46. The van der Waals surface area contributed by atoms with Crippen LogP contribution in [-0.2, 0) is 32.7 Å². The van der Waals surface area contributed by atoms with Gasteiger partial charge in [0.1, 0.15) is 29.9 Å². The van der Waals surface area contributed by atoms with Gasteiger partial charge in [0.2, 0.25) is 17.7 Å². The largest absolute Gasteiger partial charge is 0.496 e. The fourth-order valence-corrected chi connectivity index (χ4v) is 8.60. The lowest BCUT2D eigenvalue weighted by Gasteiger charge is -2.53. The Morgan fingerprint density at radius 3 is 2.40 bits per heavy atom. The summed E-state index contributed by atoms with van der Waals surface area (Å²) >= 11 is 0. The molecule has 3 unspecified atom stereocenters. The van der Waals surface area contributed by atoms with Crippen molar-refractivity contribution in [1.82, 2.24) is 29.6 Å². The third kappa shape index (κ3) is 7.17. The molecule has 0 saturated carbocycles. The van der Waals surface area contributed by atoms with Crippen LogP contribution in [0, 0.1) is 5.92 Å². The van der Waals surface area contributed by atoms with Gasteiger partial charge >= 0.3 is 0 Å². The number of carbonyl (C=O) groups is 5. The molecule has 3 fully saturated rings. The first-order chi connectivity index (χ1) is 28.1. The Morgan fingerprint density at radius 1 is 0.879 bits per heavy atom. The number of rotatable bonds is 13. The number of amides is 5. The SMILES string of the molecule is COc1cc(-c2cn(C)c(=O)c3cnccc23)cc(OC)c1CN1CC2CN(C(=O)CCOCCOc3ccc4c(c3)C(=O)N(C3CCC(=O)NC3=O)C4=O)CCC21. The molecule has 2 aromatic heterocycles. The number of imide groups is 2. The Bertz CT molecular complexity index is 2370. The van der Waals surface area contributed by atoms with Crippen LogP contribution in [0.25, 0.3) is 21.9 Å². The van der Waals surface area contributed by atoms with Gasteiger partial charge in [-0.3, -0.25) is 48.9 Å². The van der Waals surface area contributed by atoms with Gasteiger partial charge in [0.15, 0.2) is 0 Å². The van der Waals surface area contributed by atoms with Gasteiger partial charge in [-0.25, -0.2) is 0 Å². The molecule has 5 amide bonds. The van der Waals surface area contributed by atoms with Crippen LogP contribution in [0.2, 0.25) is 0 Å². The van der Waals surface area contributed by atoms with E-state index < -0.39 is 29.7 Å². The van der Waals surface area contributed by atoms with E-state index in [1.165, 1.54) is 12.1 Å². The molecule has 4 aromatic rings. The quantitative estimate of drug-likeness (QED) is 0.155. The van der Waals surface area contributed by atoms with Crippen LogP contribution in [-0.4, -0.2) is 120 Å². The van der Waals surface area contributed by atoms with Gasteiger partial charge in [0.05, 0.1) is 55.9 Å². The standard InChI is InChI=1S/C42H44N6O10/c1-45-22-31(27-8-11-43-19-30(27)40(45)52)24-16-35(55-2)32(36(17-24)56-3)23-47-21-25-20-46(12-9-33(25)47)38(50)10-13-57-14-15-58-26-4-5-28-29(18-26)42(54)48(41(28)53)34-6-7-37(49)44-39(34)51/h4-5,8,11,16-19,22,25,33-34H,6-7,9-10,12-15,20-21,23H2,1-3H3,(H,44,49,51). The topological polar surface area (TPSA) is 179 Å². The van der Waals surface area contributed by atoms with Crippen LogP contribution in [0.15, 0.2) is 59.8 Å². The number of aromatic nitrogens is 2. The number of methoxy groups -OCH3 is 2. The van der Waals surface area contributed by atoms with Gasteiger partial charge in [-0.2, -0.15) is 0 Å². The second-order valence-corrected chi connectivity index (χ2v) is 15.0. The van der Waals surface area contributed by atoms with Gasteiger partial charge in [0, 0.05) is 75.8 Å². The van der Waals surface area contributed by atoms with Gasteiger partial charge in [0.25, 0.3) is 17.4 Å². The Morgan fingerprint density at radius 2 is 1.66 bits per heavy atom. The summed E-state index contributed by atoms with van der Waals surface area (Å²) in [6.45, 7) is 3.43. The molecule has 0 bridgehead atoms. The van der Waals surface area contributed by atoms with E-state index in [0.29, 0.717) is 54.2 Å². The van der Waals surface area contributed by atoms with Gasteiger partial charge in [-0.1, -0.05) is 0 Å². The molecule has 16 nitrogen and oxygen atoms in total. The number of benzene rings is 2. The number of likely N-dealkylation sites (tertiary alicyclic amines) is 2. The highest BCUT2D eigenvalue weighted by Crippen LogP contribution is 2.41. The van der Waals surface area contributed by atoms with Crippen molar-refractivity contribution >= 4 is 40.3 Å². The zero-order chi connectivity index (χ0) is 40.7. The number of ether oxygens (including phenoxy) is 4. The minimum atomic E-state index is -1.04. The van der Waals surface area contributed by atoms with Gasteiger partial charge in [-0.05, 0) is 60.2 Å². The van der Waals surface area contributed by atoms with Crippen molar-refractivity contribution in [2.45, 2.75) is 44.3 Å². The van der Waals surface area contributed by atoms with Crippen molar-refractivity contribution < 1.29 is 42.9 Å². The summed E-state index contributed by atoms with van der Waals surface area (Å²) in [5.74, 6) is -0.116. The number of hydrogen-bond donors (Lipinski definition) is 1. The zero-order valence-electron chi connectivity index (χ0n) is 32.5. The van der Waals surface area contributed by atoms with Crippen LogP contribution in [0.4, 0.5) is 0 Å². The van der Waals surface area contributed by atoms with Crippen molar-refractivity contribution in [2.75, 3.05) is 53.7 Å².